The van der Waals surface area contributed by atoms with Crippen LogP contribution in [0.25, 0.3) is 17.1 Å². The Bertz CT molecular complexity index is 1290. The van der Waals surface area contributed by atoms with Crippen LogP contribution in [0.5, 0.6) is 5.75 Å². The van der Waals surface area contributed by atoms with Gasteiger partial charge in [0, 0.05) is 15.7 Å². The summed E-state index contributed by atoms with van der Waals surface area (Å²) in [4.78, 5) is 12.5. The number of hydrogen-bond acceptors (Lipinski definition) is 6. The fraction of sp³-hybridized carbons (Fsp3) is 0.120. The highest BCUT2D eigenvalue weighted by molar-refractivity contribution is 9.10. The SMILES string of the molecule is COc1ccc(C(C)=NNC(=O)CSc2nnc(-c3ccc(Br)cc3)n2-c2ccccc2)cc1. The van der Waals surface area contributed by atoms with Crippen LogP contribution in [-0.2, 0) is 4.79 Å². The summed E-state index contributed by atoms with van der Waals surface area (Å²) in [5, 5.41) is 13.6. The first kappa shape index (κ1) is 23.7. The molecule has 0 aliphatic heterocycles. The predicted molar refractivity (Wildman–Crippen MR) is 139 cm³/mol. The van der Waals surface area contributed by atoms with E-state index in [1.807, 2.05) is 90.4 Å². The van der Waals surface area contributed by atoms with Crippen molar-refractivity contribution in [3.05, 3.63) is 88.9 Å². The molecular weight excluding hydrogens is 514 g/mol. The first-order valence-corrected chi connectivity index (χ1v) is 12.2. The normalized spacial score (nSPS) is 11.3. The lowest BCUT2D eigenvalue weighted by molar-refractivity contribution is -0.118. The molecule has 0 saturated heterocycles. The van der Waals surface area contributed by atoms with Crippen LogP contribution in [0.4, 0.5) is 0 Å². The van der Waals surface area contributed by atoms with Gasteiger partial charge < -0.3 is 4.74 Å². The van der Waals surface area contributed by atoms with Gasteiger partial charge in [-0.3, -0.25) is 9.36 Å². The molecule has 1 amide bonds. The van der Waals surface area contributed by atoms with Crippen LogP contribution in [0, 0.1) is 0 Å². The second-order valence-corrected chi connectivity index (χ2v) is 9.09. The van der Waals surface area contributed by atoms with Crippen molar-refractivity contribution >= 4 is 39.3 Å². The van der Waals surface area contributed by atoms with Crippen molar-refractivity contribution in [1.29, 1.82) is 0 Å². The van der Waals surface area contributed by atoms with E-state index in [0.29, 0.717) is 16.7 Å². The summed E-state index contributed by atoms with van der Waals surface area (Å²) >= 11 is 4.77. The number of methoxy groups -OCH3 is 1. The second kappa shape index (κ2) is 11.1. The standard InChI is InChI=1S/C25H22BrN5O2S/c1-17(18-10-14-22(33-2)15-11-18)27-28-23(32)16-34-25-30-29-24(19-8-12-20(26)13-9-19)31(25)21-6-4-3-5-7-21/h3-15H,16H2,1-2H3,(H,28,32). The zero-order valence-corrected chi connectivity index (χ0v) is 21.0. The Balaban J connectivity index is 1.49. The smallest absolute Gasteiger partial charge is 0.250 e. The molecule has 0 unspecified atom stereocenters. The van der Waals surface area contributed by atoms with Gasteiger partial charge in [0.1, 0.15) is 5.75 Å². The lowest BCUT2D eigenvalue weighted by atomic mass is 10.1. The predicted octanol–water partition coefficient (Wildman–Crippen LogP) is 5.34. The van der Waals surface area contributed by atoms with Gasteiger partial charge in [-0.15, -0.1) is 10.2 Å². The number of nitrogens with zero attached hydrogens (tertiary/aromatic N) is 4. The molecule has 9 heteroatoms. The third kappa shape index (κ3) is 5.73. The van der Waals surface area contributed by atoms with E-state index in [9.17, 15) is 4.79 Å². The van der Waals surface area contributed by atoms with Crippen LogP contribution in [0.2, 0.25) is 0 Å². The Morgan fingerprint density at radius 1 is 1.03 bits per heavy atom. The van der Waals surface area contributed by atoms with E-state index in [1.165, 1.54) is 11.8 Å². The summed E-state index contributed by atoms with van der Waals surface area (Å²) in [7, 11) is 1.62. The Morgan fingerprint density at radius 2 is 1.74 bits per heavy atom. The zero-order valence-electron chi connectivity index (χ0n) is 18.6. The highest BCUT2D eigenvalue weighted by Crippen LogP contribution is 2.28. The highest BCUT2D eigenvalue weighted by atomic mass is 79.9. The molecule has 0 atom stereocenters. The van der Waals surface area contributed by atoms with E-state index in [0.717, 1.165) is 27.0 Å². The van der Waals surface area contributed by atoms with Crippen LogP contribution < -0.4 is 10.2 Å². The van der Waals surface area contributed by atoms with Crippen molar-refractivity contribution in [2.75, 3.05) is 12.9 Å². The average molecular weight is 536 g/mol. The molecule has 0 aliphatic rings. The van der Waals surface area contributed by atoms with E-state index in [1.54, 1.807) is 7.11 Å². The molecule has 0 spiro atoms. The molecule has 0 aliphatic carbocycles. The van der Waals surface area contributed by atoms with Gasteiger partial charge in [-0.2, -0.15) is 5.10 Å². The molecular formula is C25H22BrN5O2S. The van der Waals surface area contributed by atoms with Crippen molar-refractivity contribution < 1.29 is 9.53 Å². The molecule has 1 heterocycles. The van der Waals surface area contributed by atoms with Gasteiger partial charge in [0.15, 0.2) is 11.0 Å². The third-order valence-electron chi connectivity index (χ3n) is 4.94. The van der Waals surface area contributed by atoms with Crippen LogP contribution in [0.1, 0.15) is 12.5 Å². The van der Waals surface area contributed by atoms with Gasteiger partial charge in [-0.25, -0.2) is 5.43 Å². The van der Waals surface area contributed by atoms with E-state index in [-0.39, 0.29) is 11.7 Å². The number of hydrogen-bond donors (Lipinski definition) is 1. The third-order valence-corrected chi connectivity index (χ3v) is 6.40. The van der Waals surface area contributed by atoms with Gasteiger partial charge in [0.05, 0.1) is 18.6 Å². The Morgan fingerprint density at radius 3 is 2.41 bits per heavy atom. The highest BCUT2D eigenvalue weighted by Gasteiger charge is 2.17. The molecule has 3 aromatic carbocycles. The summed E-state index contributed by atoms with van der Waals surface area (Å²) in [6.07, 6.45) is 0. The number of para-hydroxylation sites is 1. The number of carbonyl (C=O) groups is 1. The quantitative estimate of drug-likeness (QED) is 0.187. The number of thioether (sulfide) groups is 1. The number of halogens is 1. The van der Waals surface area contributed by atoms with E-state index >= 15 is 0 Å². The number of benzene rings is 3. The van der Waals surface area contributed by atoms with Crippen LogP contribution >= 0.6 is 27.7 Å². The fourth-order valence-corrected chi connectivity index (χ4v) is 4.17. The number of hydrazone groups is 1. The summed E-state index contributed by atoms with van der Waals surface area (Å²) in [5.41, 5.74) is 6.06. The van der Waals surface area contributed by atoms with Gasteiger partial charge in [-0.05, 0) is 61.0 Å². The minimum absolute atomic E-state index is 0.144. The van der Waals surface area contributed by atoms with Crippen molar-refractivity contribution in [1.82, 2.24) is 20.2 Å². The molecule has 4 rings (SSSR count). The molecule has 0 fully saturated rings. The summed E-state index contributed by atoms with van der Waals surface area (Å²) in [5.74, 6) is 1.38. The van der Waals surface area contributed by atoms with Crippen LogP contribution in [0.3, 0.4) is 0 Å². The monoisotopic (exact) mass is 535 g/mol. The Kier molecular flexibility index (Phi) is 7.76. The lowest BCUT2D eigenvalue weighted by Crippen LogP contribution is -2.21. The summed E-state index contributed by atoms with van der Waals surface area (Å²) < 4.78 is 8.11. The molecule has 4 aromatic rings. The Hall–Kier alpha value is -3.43. The lowest BCUT2D eigenvalue weighted by Gasteiger charge is -2.10. The van der Waals surface area contributed by atoms with E-state index in [4.69, 9.17) is 4.74 Å². The number of amides is 1. The van der Waals surface area contributed by atoms with Crippen molar-refractivity contribution in [3.8, 4) is 22.8 Å². The number of rotatable bonds is 8. The van der Waals surface area contributed by atoms with E-state index < -0.39 is 0 Å². The van der Waals surface area contributed by atoms with Gasteiger partial charge >= 0.3 is 0 Å². The molecule has 172 valence electrons. The molecule has 1 N–H and O–H groups in total. The first-order valence-electron chi connectivity index (χ1n) is 10.4. The summed E-state index contributed by atoms with van der Waals surface area (Å²) in [6.45, 7) is 1.84. The zero-order chi connectivity index (χ0) is 23.9. The van der Waals surface area contributed by atoms with Crippen molar-refractivity contribution in [2.24, 2.45) is 5.10 Å². The average Bonchev–Trinajstić information content (AvgIpc) is 3.31. The van der Waals surface area contributed by atoms with Gasteiger partial charge in [-0.1, -0.05) is 58.0 Å². The molecule has 0 saturated carbocycles. The number of aromatic nitrogens is 3. The van der Waals surface area contributed by atoms with Crippen molar-refractivity contribution in [3.63, 3.8) is 0 Å². The topological polar surface area (TPSA) is 81.4 Å². The van der Waals surface area contributed by atoms with Crippen LogP contribution in [0.15, 0.2) is 93.6 Å². The number of ether oxygens (including phenoxy) is 1. The maximum atomic E-state index is 12.5. The maximum Gasteiger partial charge on any atom is 0.250 e. The molecule has 1 aromatic heterocycles. The van der Waals surface area contributed by atoms with Crippen molar-refractivity contribution in [2.45, 2.75) is 12.1 Å². The fourth-order valence-electron chi connectivity index (χ4n) is 3.16. The summed E-state index contributed by atoms with van der Waals surface area (Å²) in [6, 6.07) is 25.2. The minimum atomic E-state index is -0.231. The molecule has 0 radical (unpaired) electrons. The molecule has 0 bridgehead atoms. The molecule has 34 heavy (non-hydrogen) atoms. The largest absolute Gasteiger partial charge is 0.497 e. The minimum Gasteiger partial charge on any atom is -0.497 e. The second-order valence-electron chi connectivity index (χ2n) is 7.23. The number of carbonyl (C=O) groups excluding carboxylic acids is 1. The Labute approximate surface area is 210 Å². The first-order chi connectivity index (χ1) is 16.5. The van der Waals surface area contributed by atoms with Crippen LogP contribution in [-0.4, -0.2) is 39.2 Å². The van der Waals surface area contributed by atoms with E-state index in [2.05, 4.69) is 36.7 Å². The van der Waals surface area contributed by atoms with Gasteiger partial charge in [0.25, 0.3) is 5.91 Å². The molecule has 7 nitrogen and oxygen atoms in total. The maximum absolute atomic E-state index is 12.5. The number of nitrogens with one attached hydrogen (secondary N) is 1. The van der Waals surface area contributed by atoms with Gasteiger partial charge in [0.2, 0.25) is 0 Å².